The van der Waals surface area contributed by atoms with E-state index in [9.17, 15) is 13.2 Å². The molecule has 0 aromatic heterocycles. The average molecular weight is 247 g/mol. The van der Waals surface area contributed by atoms with E-state index in [1.54, 1.807) is 19.1 Å². The Morgan fingerprint density at radius 1 is 1.29 bits per heavy atom. The first-order chi connectivity index (χ1) is 7.76. The molecule has 0 saturated carbocycles. The van der Waals surface area contributed by atoms with Gasteiger partial charge in [-0.2, -0.15) is 13.2 Å². The molecule has 1 atom stereocenters. The molecule has 0 aliphatic rings. The number of nitrogens with two attached hydrogens (primary N) is 1. The summed E-state index contributed by atoms with van der Waals surface area (Å²) in [5, 5.41) is 0. The van der Waals surface area contributed by atoms with Crippen LogP contribution in [0, 0.1) is 13.8 Å². The molecule has 5 heteroatoms. The molecule has 0 bridgehead atoms. The van der Waals surface area contributed by atoms with Crippen molar-refractivity contribution in [2.24, 2.45) is 5.73 Å². The Balaban J connectivity index is 3.10. The highest BCUT2D eigenvalue weighted by molar-refractivity contribution is 5.46. The second kappa shape index (κ2) is 4.96. The van der Waals surface area contributed by atoms with Gasteiger partial charge in [0.25, 0.3) is 0 Å². The highest BCUT2D eigenvalue weighted by Gasteiger charge is 2.32. The predicted octanol–water partition coefficient (Wildman–Crippen LogP) is 3.26. The van der Waals surface area contributed by atoms with E-state index < -0.39 is 18.6 Å². The highest BCUT2D eigenvalue weighted by atomic mass is 19.4. The molecule has 0 aliphatic heterocycles. The van der Waals surface area contributed by atoms with Crippen LogP contribution in [0.2, 0.25) is 0 Å². The maximum atomic E-state index is 12.3. The van der Waals surface area contributed by atoms with E-state index in [4.69, 9.17) is 10.5 Å². The van der Waals surface area contributed by atoms with Gasteiger partial charge >= 0.3 is 6.18 Å². The summed E-state index contributed by atoms with van der Waals surface area (Å²) < 4.78 is 42.0. The van der Waals surface area contributed by atoms with Crippen LogP contribution in [0.1, 0.15) is 29.2 Å². The smallest absolute Gasteiger partial charge is 0.390 e. The van der Waals surface area contributed by atoms with Crippen LogP contribution in [0.5, 0.6) is 5.75 Å². The number of aryl methyl sites for hydroxylation is 1. The molecule has 1 aromatic carbocycles. The number of ether oxygens (including phenoxy) is 1. The van der Waals surface area contributed by atoms with Crippen LogP contribution < -0.4 is 10.5 Å². The number of hydrogen-bond acceptors (Lipinski definition) is 2. The number of methoxy groups -OCH3 is 1. The van der Waals surface area contributed by atoms with E-state index in [1.165, 1.54) is 7.11 Å². The summed E-state index contributed by atoms with van der Waals surface area (Å²) in [6, 6.07) is 2.25. The molecule has 0 spiro atoms. The van der Waals surface area contributed by atoms with Crippen molar-refractivity contribution in [1.29, 1.82) is 0 Å². The first-order valence-corrected chi connectivity index (χ1v) is 5.22. The third-order valence-corrected chi connectivity index (χ3v) is 2.76. The fourth-order valence-corrected chi connectivity index (χ4v) is 1.73. The van der Waals surface area contributed by atoms with Crippen LogP contribution in [0.3, 0.4) is 0 Å². The van der Waals surface area contributed by atoms with E-state index in [2.05, 4.69) is 0 Å². The van der Waals surface area contributed by atoms with Gasteiger partial charge in [-0.25, -0.2) is 0 Å². The first kappa shape index (κ1) is 13.8. The van der Waals surface area contributed by atoms with E-state index in [0.717, 1.165) is 11.1 Å². The fourth-order valence-electron chi connectivity index (χ4n) is 1.73. The number of halogens is 3. The van der Waals surface area contributed by atoms with Crippen LogP contribution >= 0.6 is 0 Å². The van der Waals surface area contributed by atoms with Crippen LogP contribution in [0.25, 0.3) is 0 Å². The Kier molecular flexibility index (Phi) is 4.03. The molecule has 1 unspecified atom stereocenters. The van der Waals surface area contributed by atoms with E-state index >= 15 is 0 Å². The summed E-state index contributed by atoms with van der Waals surface area (Å²) in [6.07, 6.45) is -5.32. The summed E-state index contributed by atoms with van der Waals surface area (Å²) in [7, 11) is 1.44. The van der Waals surface area contributed by atoms with Crippen molar-refractivity contribution in [3.8, 4) is 5.75 Å². The minimum atomic E-state index is -4.27. The molecule has 0 saturated heterocycles. The zero-order valence-electron chi connectivity index (χ0n) is 10.1. The van der Waals surface area contributed by atoms with Crippen molar-refractivity contribution >= 4 is 0 Å². The summed E-state index contributed by atoms with van der Waals surface area (Å²) in [6.45, 7) is 3.68. The standard InChI is InChI=1S/C12H16F3NO/c1-7-4-5-9(11(17-3)8(7)2)10(16)6-12(13,14)15/h4-5,10H,6,16H2,1-3H3. The molecule has 1 aromatic rings. The number of hydrogen-bond donors (Lipinski definition) is 1. The molecule has 0 heterocycles. The second-order valence-corrected chi connectivity index (χ2v) is 4.06. The van der Waals surface area contributed by atoms with Gasteiger partial charge in [-0.15, -0.1) is 0 Å². The van der Waals surface area contributed by atoms with Crippen LogP contribution in [-0.2, 0) is 0 Å². The molecule has 17 heavy (non-hydrogen) atoms. The van der Waals surface area contributed by atoms with Crippen molar-refractivity contribution in [3.63, 3.8) is 0 Å². The molecular weight excluding hydrogens is 231 g/mol. The molecule has 0 fully saturated rings. The Morgan fingerprint density at radius 3 is 2.35 bits per heavy atom. The summed E-state index contributed by atoms with van der Waals surface area (Å²) in [4.78, 5) is 0. The van der Waals surface area contributed by atoms with E-state index in [1.807, 2.05) is 6.92 Å². The molecule has 1 rings (SSSR count). The lowest BCUT2D eigenvalue weighted by molar-refractivity contribution is -0.138. The Hall–Kier alpha value is -1.23. The zero-order valence-corrected chi connectivity index (χ0v) is 10.1. The lowest BCUT2D eigenvalue weighted by Gasteiger charge is -2.19. The van der Waals surface area contributed by atoms with Gasteiger partial charge < -0.3 is 10.5 Å². The first-order valence-electron chi connectivity index (χ1n) is 5.22. The summed E-state index contributed by atoms with van der Waals surface area (Å²) in [5.41, 5.74) is 7.76. The third-order valence-electron chi connectivity index (χ3n) is 2.76. The van der Waals surface area contributed by atoms with Gasteiger partial charge in [-0.1, -0.05) is 12.1 Å². The minimum absolute atomic E-state index is 0.396. The van der Waals surface area contributed by atoms with Crippen LogP contribution in [0.15, 0.2) is 12.1 Å². The number of rotatable bonds is 3. The third kappa shape index (κ3) is 3.36. The van der Waals surface area contributed by atoms with Gasteiger partial charge in [0, 0.05) is 11.6 Å². The van der Waals surface area contributed by atoms with Crippen LogP contribution in [-0.4, -0.2) is 13.3 Å². The van der Waals surface area contributed by atoms with Gasteiger partial charge in [0.1, 0.15) is 5.75 Å². The van der Waals surface area contributed by atoms with E-state index in [0.29, 0.717) is 11.3 Å². The Bertz CT molecular complexity index is 401. The number of alkyl halides is 3. The van der Waals surface area contributed by atoms with Crippen LogP contribution in [0.4, 0.5) is 13.2 Å². The zero-order chi connectivity index (χ0) is 13.2. The second-order valence-electron chi connectivity index (χ2n) is 4.06. The molecular formula is C12H16F3NO. The lowest BCUT2D eigenvalue weighted by Crippen LogP contribution is -2.21. The largest absolute Gasteiger partial charge is 0.496 e. The SMILES string of the molecule is COc1c(C(N)CC(F)(F)F)ccc(C)c1C. The minimum Gasteiger partial charge on any atom is -0.496 e. The lowest BCUT2D eigenvalue weighted by atomic mass is 9.97. The molecule has 0 aliphatic carbocycles. The van der Waals surface area contributed by atoms with Crippen molar-refractivity contribution < 1.29 is 17.9 Å². The molecule has 96 valence electrons. The molecule has 2 N–H and O–H groups in total. The van der Waals surface area contributed by atoms with Gasteiger partial charge in [-0.3, -0.25) is 0 Å². The summed E-state index contributed by atoms with van der Waals surface area (Å²) in [5.74, 6) is 0.446. The van der Waals surface area contributed by atoms with Crippen molar-refractivity contribution in [3.05, 3.63) is 28.8 Å². The van der Waals surface area contributed by atoms with Gasteiger partial charge in [0.05, 0.1) is 13.5 Å². The summed E-state index contributed by atoms with van der Waals surface area (Å²) >= 11 is 0. The van der Waals surface area contributed by atoms with Crippen molar-refractivity contribution in [1.82, 2.24) is 0 Å². The van der Waals surface area contributed by atoms with Gasteiger partial charge in [0.15, 0.2) is 0 Å². The molecule has 2 nitrogen and oxygen atoms in total. The van der Waals surface area contributed by atoms with E-state index in [-0.39, 0.29) is 0 Å². The van der Waals surface area contributed by atoms with Crippen molar-refractivity contribution in [2.75, 3.05) is 7.11 Å². The van der Waals surface area contributed by atoms with Crippen molar-refractivity contribution in [2.45, 2.75) is 32.5 Å². The maximum Gasteiger partial charge on any atom is 0.390 e. The highest BCUT2D eigenvalue weighted by Crippen LogP contribution is 2.35. The monoisotopic (exact) mass is 247 g/mol. The van der Waals surface area contributed by atoms with Gasteiger partial charge in [-0.05, 0) is 25.0 Å². The fraction of sp³-hybridized carbons (Fsp3) is 0.500. The normalized spacial score (nSPS) is 13.6. The quantitative estimate of drug-likeness (QED) is 0.889. The topological polar surface area (TPSA) is 35.2 Å². The number of benzene rings is 1. The predicted molar refractivity (Wildman–Crippen MR) is 60.1 cm³/mol. The molecule has 0 radical (unpaired) electrons. The molecule has 0 amide bonds. The average Bonchev–Trinajstić information content (AvgIpc) is 2.19. The maximum absolute atomic E-state index is 12.3. The Labute approximate surface area is 98.6 Å². The van der Waals surface area contributed by atoms with Gasteiger partial charge in [0.2, 0.25) is 0 Å². The Morgan fingerprint density at radius 2 is 1.88 bits per heavy atom.